The molecule has 138 valence electrons. The Hall–Kier alpha value is -2.93. The van der Waals surface area contributed by atoms with Crippen LogP contribution in [0.2, 0.25) is 0 Å². The fraction of sp³-hybridized carbons (Fsp3) is 0.200. The fourth-order valence-corrected chi connectivity index (χ4v) is 3.13. The Labute approximate surface area is 161 Å². The number of nitrogens with zero attached hydrogens (tertiary/aromatic N) is 2. The molecule has 6 nitrogen and oxygen atoms in total. The molecule has 0 unspecified atom stereocenters. The van der Waals surface area contributed by atoms with E-state index in [4.69, 9.17) is 4.42 Å². The van der Waals surface area contributed by atoms with E-state index in [1.807, 2.05) is 31.2 Å². The molecule has 0 aliphatic carbocycles. The lowest BCUT2D eigenvalue weighted by atomic mass is 10.1. The van der Waals surface area contributed by atoms with Crippen LogP contribution in [0.4, 0.5) is 5.69 Å². The minimum absolute atomic E-state index is 0.00565. The summed E-state index contributed by atoms with van der Waals surface area (Å²) < 4.78 is 5.66. The van der Waals surface area contributed by atoms with Crippen LogP contribution in [-0.2, 0) is 4.79 Å². The van der Waals surface area contributed by atoms with Crippen LogP contribution in [0.1, 0.15) is 29.3 Å². The van der Waals surface area contributed by atoms with Gasteiger partial charge in [0.05, 0.1) is 0 Å². The highest BCUT2D eigenvalue weighted by Crippen LogP contribution is 2.25. The van der Waals surface area contributed by atoms with Crippen LogP contribution in [0.5, 0.6) is 0 Å². The average molecular weight is 381 g/mol. The maximum absolute atomic E-state index is 12.0. The van der Waals surface area contributed by atoms with Gasteiger partial charge in [-0.15, -0.1) is 10.2 Å². The Kier molecular flexibility index (Phi) is 6.03. The van der Waals surface area contributed by atoms with E-state index in [1.165, 1.54) is 18.7 Å². The highest BCUT2D eigenvalue weighted by molar-refractivity contribution is 7.99. The van der Waals surface area contributed by atoms with Gasteiger partial charge in [0.15, 0.2) is 5.78 Å². The molecular weight excluding hydrogens is 362 g/mol. The van der Waals surface area contributed by atoms with Crippen molar-refractivity contribution in [1.82, 2.24) is 10.2 Å². The second-order valence-electron chi connectivity index (χ2n) is 5.97. The lowest BCUT2D eigenvalue weighted by molar-refractivity contribution is -0.115. The van der Waals surface area contributed by atoms with Gasteiger partial charge in [-0.1, -0.05) is 30.0 Å². The smallest absolute Gasteiger partial charge is 0.276 e. The largest absolute Gasteiger partial charge is 0.411 e. The number of benzene rings is 2. The summed E-state index contributed by atoms with van der Waals surface area (Å²) >= 11 is 1.34. The van der Waals surface area contributed by atoms with Crippen molar-refractivity contribution >= 4 is 29.1 Å². The second kappa shape index (κ2) is 8.64. The Morgan fingerprint density at radius 2 is 1.81 bits per heavy atom. The Bertz CT molecular complexity index is 951. The van der Waals surface area contributed by atoms with Crippen LogP contribution in [0.15, 0.2) is 58.2 Å². The fourth-order valence-electron chi connectivity index (χ4n) is 2.43. The molecule has 1 N–H and O–H groups in total. The SMILES string of the molecule is CC(=O)c1ccc(NC(=O)CCSc2nnc(-c3ccccc3C)o2)cc1. The standard InChI is InChI=1S/C20H19N3O3S/c1-13-5-3-4-6-17(13)19-22-23-20(26-19)27-12-11-18(25)21-16-9-7-15(8-10-16)14(2)24/h3-10H,11-12H2,1-2H3,(H,21,25). The molecule has 7 heteroatoms. The number of Topliss-reactive ketones (excluding diaryl/α,β-unsaturated/α-hetero) is 1. The number of hydrogen-bond acceptors (Lipinski definition) is 6. The van der Waals surface area contributed by atoms with Gasteiger partial charge in [0.1, 0.15) is 0 Å². The predicted octanol–water partition coefficient (Wildman–Crippen LogP) is 4.37. The highest BCUT2D eigenvalue weighted by Gasteiger charge is 2.11. The van der Waals surface area contributed by atoms with Gasteiger partial charge in [-0.2, -0.15) is 0 Å². The van der Waals surface area contributed by atoms with Crippen molar-refractivity contribution < 1.29 is 14.0 Å². The summed E-state index contributed by atoms with van der Waals surface area (Å²) in [6.07, 6.45) is 0.307. The van der Waals surface area contributed by atoms with Crippen molar-refractivity contribution in [1.29, 1.82) is 0 Å². The zero-order valence-corrected chi connectivity index (χ0v) is 15.9. The molecular formula is C20H19N3O3S. The van der Waals surface area contributed by atoms with Gasteiger partial charge in [0, 0.05) is 29.0 Å². The normalized spacial score (nSPS) is 10.6. The van der Waals surface area contributed by atoms with E-state index in [1.54, 1.807) is 24.3 Å². The average Bonchev–Trinajstić information content (AvgIpc) is 3.11. The Morgan fingerprint density at radius 1 is 1.07 bits per heavy atom. The van der Waals surface area contributed by atoms with E-state index >= 15 is 0 Å². The summed E-state index contributed by atoms with van der Waals surface area (Å²) in [6.45, 7) is 3.49. The quantitative estimate of drug-likeness (QED) is 0.483. The molecule has 3 aromatic rings. The number of amides is 1. The van der Waals surface area contributed by atoms with Crippen LogP contribution in [0.25, 0.3) is 11.5 Å². The molecule has 0 saturated heterocycles. The third-order valence-corrected chi connectivity index (χ3v) is 4.73. The molecule has 1 amide bonds. The van der Waals surface area contributed by atoms with E-state index in [-0.39, 0.29) is 11.7 Å². The maximum Gasteiger partial charge on any atom is 0.276 e. The van der Waals surface area contributed by atoms with E-state index in [2.05, 4.69) is 15.5 Å². The molecule has 0 bridgehead atoms. The molecule has 3 rings (SSSR count). The van der Waals surface area contributed by atoms with Crippen LogP contribution >= 0.6 is 11.8 Å². The second-order valence-corrected chi connectivity index (χ2v) is 7.01. The number of anilines is 1. The molecule has 0 aliphatic heterocycles. The number of carbonyl (C=O) groups is 2. The zero-order chi connectivity index (χ0) is 19.2. The van der Waals surface area contributed by atoms with Crippen molar-refractivity contribution in [3.05, 3.63) is 59.7 Å². The summed E-state index contributed by atoms with van der Waals surface area (Å²) in [5.41, 5.74) is 3.25. The summed E-state index contributed by atoms with van der Waals surface area (Å²) in [5.74, 6) is 0.878. The molecule has 0 atom stereocenters. The first kappa shape index (κ1) is 18.8. The number of nitrogens with one attached hydrogen (secondary N) is 1. The first-order valence-electron chi connectivity index (χ1n) is 8.46. The monoisotopic (exact) mass is 381 g/mol. The van der Waals surface area contributed by atoms with Crippen molar-refractivity contribution in [3.8, 4) is 11.5 Å². The van der Waals surface area contributed by atoms with Crippen molar-refractivity contribution in [2.75, 3.05) is 11.1 Å². The molecule has 0 radical (unpaired) electrons. The summed E-state index contributed by atoms with van der Waals surface area (Å²) in [7, 11) is 0. The minimum Gasteiger partial charge on any atom is -0.411 e. The third kappa shape index (κ3) is 5.04. The first-order valence-corrected chi connectivity index (χ1v) is 9.44. The number of hydrogen-bond donors (Lipinski definition) is 1. The topological polar surface area (TPSA) is 85.1 Å². The van der Waals surface area contributed by atoms with E-state index < -0.39 is 0 Å². The lowest BCUT2D eigenvalue weighted by Gasteiger charge is -2.05. The molecule has 0 aliphatic rings. The number of carbonyl (C=O) groups excluding carboxylic acids is 2. The van der Waals surface area contributed by atoms with Gasteiger partial charge in [-0.25, -0.2) is 0 Å². The van der Waals surface area contributed by atoms with Crippen molar-refractivity contribution in [3.63, 3.8) is 0 Å². The van der Waals surface area contributed by atoms with Gasteiger partial charge in [-0.05, 0) is 49.7 Å². The lowest BCUT2D eigenvalue weighted by Crippen LogP contribution is -2.12. The van der Waals surface area contributed by atoms with Gasteiger partial charge in [0.2, 0.25) is 11.8 Å². The van der Waals surface area contributed by atoms with Crippen LogP contribution in [0, 0.1) is 6.92 Å². The summed E-state index contributed by atoms with van der Waals surface area (Å²) in [4.78, 5) is 23.3. The van der Waals surface area contributed by atoms with E-state index in [0.717, 1.165) is 11.1 Å². The molecule has 1 aromatic heterocycles. The van der Waals surface area contributed by atoms with Gasteiger partial charge in [0.25, 0.3) is 5.22 Å². The van der Waals surface area contributed by atoms with Gasteiger partial charge < -0.3 is 9.73 Å². The number of aryl methyl sites for hydroxylation is 1. The first-order chi connectivity index (χ1) is 13.0. The highest BCUT2D eigenvalue weighted by atomic mass is 32.2. The molecule has 0 spiro atoms. The van der Waals surface area contributed by atoms with Crippen LogP contribution in [-0.4, -0.2) is 27.6 Å². The van der Waals surface area contributed by atoms with E-state index in [0.29, 0.717) is 34.5 Å². The number of rotatable bonds is 7. The van der Waals surface area contributed by atoms with Gasteiger partial charge in [-0.3, -0.25) is 9.59 Å². The Morgan fingerprint density at radius 3 is 2.52 bits per heavy atom. The molecule has 27 heavy (non-hydrogen) atoms. The number of aromatic nitrogens is 2. The van der Waals surface area contributed by atoms with E-state index in [9.17, 15) is 9.59 Å². The predicted molar refractivity (Wildman–Crippen MR) is 105 cm³/mol. The van der Waals surface area contributed by atoms with Crippen LogP contribution < -0.4 is 5.32 Å². The maximum atomic E-state index is 12.0. The summed E-state index contributed by atoms with van der Waals surface area (Å²) in [6, 6.07) is 14.6. The molecule has 1 heterocycles. The Balaban J connectivity index is 1.49. The molecule has 0 saturated carbocycles. The number of thioether (sulfide) groups is 1. The molecule has 0 fully saturated rings. The zero-order valence-electron chi connectivity index (χ0n) is 15.1. The van der Waals surface area contributed by atoms with Gasteiger partial charge >= 0.3 is 0 Å². The minimum atomic E-state index is -0.114. The number of ketones is 1. The van der Waals surface area contributed by atoms with Crippen LogP contribution in [0.3, 0.4) is 0 Å². The van der Waals surface area contributed by atoms with Crippen molar-refractivity contribution in [2.45, 2.75) is 25.5 Å². The summed E-state index contributed by atoms with van der Waals surface area (Å²) in [5, 5.41) is 11.3. The third-order valence-electron chi connectivity index (χ3n) is 3.91. The van der Waals surface area contributed by atoms with Crippen molar-refractivity contribution in [2.24, 2.45) is 0 Å². The molecule has 2 aromatic carbocycles.